The minimum Gasteiger partial charge on any atom is -0.493 e. The number of hydrogen-bond donors (Lipinski definition) is 2. The van der Waals surface area contributed by atoms with Gasteiger partial charge in [0.25, 0.3) is 21.6 Å². The number of amides is 1. The predicted octanol–water partition coefficient (Wildman–Crippen LogP) is 8.09. The number of fused-ring (bicyclic) bond motifs is 2. The van der Waals surface area contributed by atoms with E-state index < -0.39 is 25.7 Å². The summed E-state index contributed by atoms with van der Waals surface area (Å²) in [6, 6.07) is 19.3. The first-order valence-corrected chi connectivity index (χ1v) is 24.1. The molecule has 2 saturated heterocycles. The molecular weight excluding hydrogens is 870 g/mol. The third-order valence-electron chi connectivity index (χ3n) is 13.2. The molecule has 2 aromatic heterocycles. The summed E-state index contributed by atoms with van der Waals surface area (Å²) >= 11 is 6.25. The Morgan fingerprint density at radius 1 is 1.05 bits per heavy atom. The van der Waals surface area contributed by atoms with Crippen molar-refractivity contribution in [3.05, 3.63) is 117 Å². The van der Waals surface area contributed by atoms with Crippen LogP contribution in [0.3, 0.4) is 0 Å². The number of sulfonamides is 1. The number of carbonyl (C=O) groups excluding carboxylic acids is 1. The zero-order valence-electron chi connectivity index (χ0n) is 36.8. The minimum atomic E-state index is -4.63. The highest BCUT2D eigenvalue weighted by molar-refractivity contribution is 7.90. The van der Waals surface area contributed by atoms with Gasteiger partial charge in [0, 0.05) is 98.3 Å². The molecule has 4 aliphatic rings. The van der Waals surface area contributed by atoms with Crippen LogP contribution in [-0.2, 0) is 21.2 Å². The molecule has 0 bridgehead atoms. The Bertz CT molecular complexity index is 2750. The van der Waals surface area contributed by atoms with Crippen molar-refractivity contribution in [3.63, 3.8) is 0 Å². The SMILES string of the molecule is C[C@H]1COCCN1C[C@@H]1COc2cc(S(=O)(=O)NC(=O)c3ccc(N4CCN(CC5=C(c6ccc(Cl)cc6)CC(C)(C)CC5)CC4)cc3Oc3cnc4[nH]ccc4c3)cc([N+](=O)[O-])c2C1. The van der Waals surface area contributed by atoms with Gasteiger partial charge in [0.1, 0.15) is 22.9 Å². The van der Waals surface area contributed by atoms with Gasteiger partial charge in [0.2, 0.25) is 0 Å². The van der Waals surface area contributed by atoms with Gasteiger partial charge in [-0.25, -0.2) is 18.1 Å². The van der Waals surface area contributed by atoms with Gasteiger partial charge in [-0.15, -0.1) is 0 Å². The molecule has 5 aromatic rings. The molecule has 65 heavy (non-hydrogen) atoms. The summed E-state index contributed by atoms with van der Waals surface area (Å²) in [5.41, 5.74) is 5.69. The molecule has 5 heterocycles. The number of nitro groups is 1. The van der Waals surface area contributed by atoms with E-state index in [-0.39, 0.29) is 46.7 Å². The molecule has 3 aliphatic heterocycles. The molecule has 2 fully saturated rings. The number of carbonyl (C=O) groups is 1. The van der Waals surface area contributed by atoms with Crippen molar-refractivity contribution in [2.45, 2.75) is 57.4 Å². The molecular formula is C48H54ClN7O8S. The molecule has 1 amide bonds. The van der Waals surface area contributed by atoms with Crippen LogP contribution in [0.5, 0.6) is 17.2 Å². The third kappa shape index (κ3) is 10.0. The number of aromatic nitrogens is 2. The molecule has 0 saturated carbocycles. The van der Waals surface area contributed by atoms with Crippen LogP contribution in [0.15, 0.2) is 89.6 Å². The van der Waals surface area contributed by atoms with Crippen LogP contribution < -0.4 is 19.1 Å². The van der Waals surface area contributed by atoms with Crippen molar-refractivity contribution < 1.29 is 32.3 Å². The van der Waals surface area contributed by atoms with Crippen LogP contribution in [0.1, 0.15) is 61.5 Å². The van der Waals surface area contributed by atoms with Crippen molar-refractivity contribution >= 4 is 55.5 Å². The number of pyridine rings is 1. The monoisotopic (exact) mass is 923 g/mol. The topological polar surface area (TPSA) is 172 Å². The smallest absolute Gasteiger partial charge is 0.277 e. The van der Waals surface area contributed by atoms with Gasteiger partial charge in [-0.05, 0) is 85.6 Å². The fraction of sp³-hybridized carbons (Fsp3) is 0.417. The van der Waals surface area contributed by atoms with E-state index in [2.05, 4.69) is 62.3 Å². The second-order valence-electron chi connectivity index (χ2n) is 18.5. The Kier molecular flexibility index (Phi) is 12.6. The quantitative estimate of drug-likeness (QED) is 0.0912. The maximum atomic E-state index is 14.1. The summed E-state index contributed by atoms with van der Waals surface area (Å²) in [4.78, 5) is 39.9. The van der Waals surface area contributed by atoms with Crippen LogP contribution in [0.2, 0.25) is 5.02 Å². The predicted molar refractivity (Wildman–Crippen MR) is 250 cm³/mol. The zero-order valence-corrected chi connectivity index (χ0v) is 38.4. The van der Waals surface area contributed by atoms with E-state index in [1.54, 1.807) is 30.5 Å². The number of rotatable bonds is 12. The second kappa shape index (κ2) is 18.4. The van der Waals surface area contributed by atoms with Gasteiger partial charge < -0.3 is 24.1 Å². The molecule has 2 atom stereocenters. The molecule has 17 heteroatoms. The Hall–Kier alpha value is -5.52. The van der Waals surface area contributed by atoms with E-state index in [1.165, 1.54) is 29.0 Å². The van der Waals surface area contributed by atoms with Gasteiger partial charge in [-0.1, -0.05) is 43.2 Å². The first kappa shape index (κ1) is 44.7. The van der Waals surface area contributed by atoms with Gasteiger partial charge in [0.15, 0.2) is 0 Å². The van der Waals surface area contributed by atoms with E-state index >= 15 is 0 Å². The molecule has 0 spiro atoms. The molecule has 0 unspecified atom stereocenters. The summed E-state index contributed by atoms with van der Waals surface area (Å²) in [5.74, 6) is -0.421. The molecule has 2 N–H and O–H groups in total. The highest BCUT2D eigenvalue weighted by atomic mass is 35.5. The number of benzene rings is 3. The molecule has 0 radical (unpaired) electrons. The van der Waals surface area contributed by atoms with Gasteiger partial charge in [-0.3, -0.25) is 24.7 Å². The number of nitrogens with one attached hydrogen (secondary N) is 2. The highest BCUT2D eigenvalue weighted by Crippen LogP contribution is 2.44. The summed E-state index contributed by atoms with van der Waals surface area (Å²) in [7, 11) is -4.63. The van der Waals surface area contributed by atoms with Crippen molar-refractivity contribution in [1.29, 1.82) is 0 Å². The van der Waals surface area contributed by atoms with Crippen LogP contribution in [0.4, 0.5) is 11.4 Å². The van der Waals surface area contributed by atoms with Crippen molar-refractivity contribution in [1.82, 2.24) is 24.5 Å². The minimum absolute atomic E-state index is 0.0386. The summed E-state index contributed by atoms with van der Waals surface area (Å²) in [6.07, 6.45) is 6.82. The first-order chi connectivity index (χ1) is 31.2. The highest BCUT2D eigenvalue weighted by Gasteiger charge is 2.35. The average Bonchev–Trinajstić information content (AvgIpc) is 3.76. The number of anilines is 1. The number of aromatic amines is 1. The lowest BCUT2D eigenvalue weighted by atomic mass is 9.72. The number of H-pyrrole nitrogens is 1. The molecule has 9 rings (SSSR count). The van der Waals surface area contributed by atoms with E-state index in [1.807, 2.05) is 18.2 Å². The fourth-order valence-electron chi connectivity index (χ4n) is 9.51. The number of ether oxygens (including phenoxy) is 3. The lowest BCUT2D eigenvalue weighted by Crippen LogP contribution is -2.47. The van der Waals surface area contributed by atoms with Crippen molar-refractivity contribution in [3.8, 4) is 17.2 Å². The number of piperazine rings is 1. The van der Waals surface area contributed by atoms with E-state index in [9.17, 15) is 23.3 Å². The maximum Gasteiger partial charge on any atom is 0.277 e. The fourth-order valence-corrected chi connectivity index (χ4v) is 10.6. The van der Waals surface area contributed by atoms with Gasteiger partial charge >= 0.3 is 0 Å². The van der Waals surface area contributed by atoms with Crippen LogP contribution in [0.25, 0.3) is 16.6 Å². The Labute approximate surface area is 383 Å². The van der Waals surface area contributed by atoms with Gasteiger partial charge in [-0.2, -0.15) is 0 Å². The summed E-state index contributed by atoms with van der Waals surface area (Å²) in [5, 5.41) is 13.9. The van der Waals surface area contributed by atoms with Gasteiger partial charge in [0.05, 0.1) is 47.0 Å². The standard InChI is InChI=1S/C48H54ClN7O8S/c1-31-29-62-19-18-55(31)27-32-20-41-43(56(58)59)23-39(24-44(41)63-30-32)65(60,61)52-47(57)40-9-8-37(22-45(40)64-38-21-34-11-13-50-46(34)51-26-38)54-16-14-53(15-17-54)28-35-10-12-48(2,3)25-42(35)33-4-6-36(49)7-5-33/h4-9,11,13,21-24,26,31-32H,10,12,14-20,25,27-30H2,1-3H3,(H,50,51)(H,52,57)/t31-,32+/m0/s1. The number of halogens is 1. The molecule has 342 valence electrons. The number of nitro benzene ring substituents is 1. The van der Waals surface area contributed by atoms with Crippen molar-refractivity contribution in [2.24, 2.45) is 11.3 Å². The second-order valence-corrected chi connectivity index (χ2v) is 20.6. The lowest BCUT2D eigenvalue weighted by Gasteiger charge is -2.39. The van der Waals surface area contributed by atoms with Crippen LogP contribution in [0, 0.1) is 21.4 Å². The zero-order chi connectivity index (χ0) is 45.5. The number of morpholine rings is 1. The lowest BCUT2D eigenvalue weighted by molar-refractivity contribution is -0.386. The number of hydrogen-bond acceptors (Lipinski definition) is 12. The normalized spacial score (nSPS) is 20.6. The molecule has 1 aliphatic carbocycles. The third-order valence-corrected chi connectivity index (χ3v) is 14.8. The molecule has 3 aromatic carbocycles. The van der Waals surface area contributed by atoms with E-state index in [0.717, 1.165) is 80.7 Å². The Morgan fingerprint density at radius 3 is 2.62 bits per heavy atom. The summed E-state index contributed by atoms with van der Waals surface area (Å²) < 4.78 is 48.0. The van der Waals surface area contributed by atoms with Crippen molar-refractivity contribution in [2.75, 3.05) is 70.5 Å². The maximum absolute atomic E-state index is 14.1. The van der Waals surface area contributed by atoms with Crippen LogP contribution >= 0.6 is 11.6 Å². The summed E-state index contributed by atoms with van der Waals surface area (Å²) in [6.45, 7) is 13.6. The largest absolute Gasteiger partial charge is 0.493 e. The van der Waals surface area contributed by atoms with E-state index in [0.29, 0.717) is 43.1 Å². The van der Waals surface area contributed by atoms with Crippen LogP contribution in [-0.4, -0.2) is 111 Å². The molecule has 15 nitrogen and oxygen atoms in total. The first-order valence-electron chi connectivity index (χ1n) is 22.2. The Morgan fingerprint density at radius 2 is 1.85 bits per heavy atom. The number of nitrogens with zero attached hydrogens (tertiary/aromatic N) is 5. The number of allylic oxidation sites excluding steroid dienone is 1. The Balaban J connectivity index is 0.937. The average molecular weight is 925 g/mol. The van der Waals surface area contributed by atoms with E-state index in [4.69, 9.17) is 25.8 Å².